The molecule has 0 aliphatic carbocycles. The summed E-state index contributed by atoms with van der Waals surface area (Å²) in [6.45, 7) is 8.55. The van der Waals surface area contributed by atoms with Crippen LogP contribution in [0.1, 0.15) is 37.3 Å². The lowest BCUT2D eigenvalue weighted by Crippen LogP contribution is -2.38. The number of benzene rings is 1. The topological polar surface area (TPSA) is 101 Å². The van der Waals surface area contributed by atoms with E-state index in [-0.39, 0.29) is 11.7 Å². The molecule has 0 saturated carbocycles. The molecule has 1 atom stereocenters. The molecular formula is C23H27FN6O. The van der Waals surface area contributed by atoms with E-state index in [0.29, 0.717) is 43.1 Å². The molecule has 1 unspecified atom stereocenters. The van der Waals surface area contributed by atoms with E-state index in [9.17, 15) is 4.39 Å². The van der Waals surface area contributed by atoms with Crippen LogP contribution in [0, 0.1) is 5.82 Å². The van der Waals surface area contributed by atoms with Gasteiger partial charge in [0.1, 0.15) is 23.7 Å². The maximum Gasteiger partial charge on any atom is 0.128 e. The van der Waals surface area contributed by atoms with Gasteiger partial charge in [-0.25, -0.2) is 4.39 Å². The number of allylic oxidation sites excluding steroid dienone is 5. The monoisotopic (exact) mass is 422 g/mol. The van der Waals surface area contributed by atoms with Crippen molar-refractivity contribution in [2.24, 2.45) is 21.7 Å². The number of nitrogens with one attached hydrogen (secondary N) is 1. The second kappa shape index (κ2) is 8.29. The van der Waals surface area contributed by atoms with E-state index in [4.69, 9.17) is 16.2 Å². The number of hydrogen-bond donors (Lipinski definition) is 3. The van der Waals surface area contributed by atoms with E-state index in [2.05, 4.69) is 28.3 Å². The van der Waals surface area contributed by atoms with Crippen molar-refractivity contribution in [2.45, 2.75) is 32.7 Å². The first kappa shape index (κ1) is 20.7. The number of nitrogens with two attached hydrogens (primary N) is 2. The van der Waals surface area contributed by atoms with Crippen LogP contribution < -0.4 is 21.5 Å². The van der Waals surface area contributed by atoms with Crippen molar-refractivity contribution in [3.05, 3.63) is 75.2 Å². The van der Waals surface area contributed by atoms with E-state index in [0.717, 1.165) is 33.9 Å². The van der Waals surface area contributed by atoms with Crippen molar-refractivity contribution in [3.63, 3.8) is 0 Å². The first-order chi connectivity index (χ1) is 14.9. The van der Waals surface area contributed by atoms with E-state index in [1.54, 1.807) is 12.4 Å². The van der Waals surface area contributed by atoms with Gasteiger partial charge < -0.3 is 26.4 Å². The second-order valence-electron chi connectivity index (χ2n) is 8.03. The molecule has 5 N–H and O–H groups in total. The molecule has 0 saturated heterocycles. The van der Waals surface area contributed by atoms with Gasteiger partial charge in [-0.15, -0.1) is 5.10 Å². The summed E-state index contributed by atoms with van der Waals surface area (Å²) in [4.78, 5) is 1.93. The molecule has 31 heavy (non-hydrogen) atoms. The number of nitrogens with zero attached hydrogens (tertiary/aromatic N) is 3. The Morgan fingerprint density at radius 2 is 2.16 bits per heavy atom. The highest BCUT2D eigenvalue weighted by Crippen LogP contribution is 2.43. The number of halogens is 1. The maximum atomic E-state index is 14.6. The largest absolute Gasteiger partial charge is 0.493 e. The van der Waals surface area contributed by atoms with Crippen molar-refractivity contribution in [2.75, 3.05) is 13.2 Å². The summed E-state index contributed by atoms with van der Waals surface area (Å²) in [5.41, 5.74) is 18.2. The van der Waals surface area contributed by atoms with Crippen LogP contribution in [0.15, 0.2) is 68.4 Å². The van der Waals surface area contributed by atoms with Crippen LogP contribution in [0.3, 0.4) is 0 Å². The standard InChI is InChI=1S/C23H27FN6O/c1-13(6-14(2)25)22(26)16-7-15-8-17-11-31-20-5-4-19(24)18(21(17)20)9-28-23(15)30(10-16)12-29-27-3/h4-7,12,17,28H,3,8-11,25-26H2,1-2H3/b14-6-,22-13-,29-12-. The van der Waals surface area contributed by atoms with Gasteiger partial charge >= 0.3 is 0 Å². The average Bonchev–Trinajstić information content (AvgIpc) is 3.12. The molecule has 3 aliphatic heterocycles. The SMILES string of the molecule is C=N/N=C\N1CC(/C(N)=C(C)/C=C(/C)N)=CC2=C1NCc1c(F)ccc3c1C(CO3)C2. The molecule has 4 rings (SSSR count). The predicted octanol–water partition coefficient (Wildman–Crippen LogP) is 2.99. The van der Waals surface area contributed by atoms with Crippen LogP contribution in [0.2, 0.25) is 0 Å². The molecule has 0 fully saturated rings. The molecule has 0 spiro atoms. The van der Waals surface area contributed by atoms with Gasteiger partial charge in [0.25, 0.3) is 0 Å². The van der Waals surface area contributed by atoms with Crippen LogP contribution in [0.25, 0.3) is 0 Å². The first-order valence-corrected chi connectivity index (χ1v) is 10.2. The zero-order valence-electron chi connectivity index (χ0n) is 17.8. The highest BCUT2D eigenvalue weighted by atomic mass is 19.1. The van der Waals surface area contributed by atoms with Crippen molar-refractivity contribution >= 4 is 13.1 Å². The smallest absolute Gasteiger partial charge is 0.128 e. The normalized spacial score (nSPS) is 21.4. The van der Waals surface area contributed by atoms with Gasteiger partial charge in [-0.05, 0) is 61.3 Å². The van der Waals surface area contributed by atoms with Crippen LogP contribution >= 0.6 is 0 Å². The van der Waals surface area contributed by atoms with E-state index in [1.165, 1.54) is 6.07 Å². The molecule has 0 amide bonds. The molecule has 0 aromatic heterocycles. The van der Waals surface area contributed by atoms with Crippen molar-refractivity contribution in [1.82, 2.24) is 10.2 Å². The predicted molar refractivity (Wildman–Crippen MR) is 121 cm³/mol. The van der Waals surface area contributed by atoms with Gasteiger partial charge in [0, 0.05) is 41.7 Å². The van der Waals surface area contributed by atoms with E-state index in [1.807, 2.05) is 24.8 Å². The summed E-state index contributed by atoms with van der Waals surface area (Å²) in [6, 6.07) is 3.18. The van der Waals surface area contributed by atoms with Gasteiger partial charge in [0.15, 0.2) is 0 Å². The molecule has 162 valence electrons. The lowest BCUT2D eigenvalue weighted by atomic mass is 9.86. The van der Waals surface area contributed by atoms with Crippen LogP contribution in [-0.2, 0) is 6.54 Å². The van der Waals surface area contributed by atoms with Gasteiger partial charge in [-0.2, -0.15) is 5.10 Å². The third kappa shape index (κ3) is 3.93. The van der Waals surface area contributed by atoms with E-state index >= 15 is 0 Å². The Kier molecular flexibility index (Phi) is 5.54. The molecule has 0 radical (unpaired) electrons. The fourth-order valence-electron chi connectivity index (χ4n) is 4.42. The Hall–Kier alpha value is -3.55. The highest BCUT2D eigenvalue weighted by molar-refractivity contribution is 5.63. The first-order valence-electron chi connectivity index (χ1n) is 10.2. The Labute approximate surface area is 181 Å². The van der Waals surface area contributed by atoms with E-state index < -0.39 is 0 Å². The highest BCUT2D eigenvalue weighted by Gasteiger charge is 2.34. The molecule has 1 aromatic rings. The molecule has 7 nitrogen and oxygen atoms in total. The molecule has 1 aromatic carbocycles. The van der Waals surface area contributed by atoms with Crippen molar-refractivity contribution in [3.8, 4) is 5.75 Å². The molecular weight excluding hydrogens is 395 g/mol. The molecule has 0 bridgehead atoms. The van der Waals surface area contributed by atoms with Gasteiger partial charge in [0.2, 0.25) is 0 Å². The van der Waals surface area contributed by atoms with Crippen LogP contribution in [0.4, 0.5) is 4.39 Å². The summed E-state index contributed by atoms with van der Waals surface area (Å²) in [5.74, 6) is 1.46. The van der Waals surface area contributed by atoms with Crippen molar-refractivity contribution in [1.29, 1.82) is 0 Å². The Balaban J connectivity index is 1.79. The summed E-state index contributed by atoms with van der Waals surface area (Å²) in [5, 5.41) is 11.0. The zero-order valence-corrected chi connectivity index (χ0v) is 17.8. The zero-order chi connectivity index (χ0) is 22.1. The number of ether oxygens (including phenoxy) is 1. The van der Waals surface area contributed by atoms with Crippen LogP contribution in [-0.4, -0.2) is 31.1 Å². The summed E-state index contributed by atoms with van der Waals surface area (Å²) >= 11 is 0. The molecule has 8 heteroatoms. The minimum absolute atomic E-state index is 0.0669. The van der Waals surface area contributed by atoms with Gasteiger partial charge in [-0.3, -0.25) is 0 Å². The average molecular weight is 423 g/mol. The second-order valence-corrected chi connectivity index (χ2v) is 8.03. The Bertz CT molecular complexity index is 1080. The lowest BCUT2D eigenvalue weighted by Gasteiger charge is -2.34. The fraction of sp³-hybridized carbons (Fsp3) is 0.304. The number of rotatable bonds is 4. The minimum atomic E-state index is -0.224. The quantitative estimate of drug-likeness (QED) is 0.300. The maximum absolute atomic E-state index is 14.6. The third-order valence-electron chi connectivity index (χ3n) is 5.78. The summed E-state index contributed by atoms with van der Waals surface area (Å²) < 4.78 is 20.5. The number of hydrogen-bond acceptors (Lipinski definition) is 6. The van der Waals surface area contributed by atoms with Crippen molar-refractivity contribution < 1.29 is 9.13 Å². The molecule has 3 heterocycles. The molecule has 3 aliphatic rings. The fourth-order valence-corrected chi connectivity index (χ4v) is 4.42. The minimum Gasteiger partial charge on any atom is -0.493 e. The Morgan fingerprint density at radius 3 is 2.90 bits per heavy atom. The Morgan fingerprint density at radius 1 is 1.35 bits per heavy atom. The van der Waals surface area contributed by atoms with Crippen LogP contribution in [0.5, 0.6) is 5.75 Å². The summed E-state index contributed by atoms with van der Waals surface area (Å²) in [7, 11) is 0. The van der Waals surface area contributed by atoms with Gasteiger partial charge in [-0.1, -0.05) is 0 Å². The van der Waals surface area contributed by atoms with Gasteiger partial charge in [0.05, 0.1) is 13.2 Å². The lowest BCUT2D eigenvalue weighted by molar-refractivity contribution is 0.329. The summed E-state index contributed by atoms with van der Waals surface area (Å²) in [6.07, 6.45) is 6.25. The third-order valence-corrected chi connectivity index (χ3v) is 5.78.